The Hall–Kier alpha value is -0.770. The third-order valence-corrected chi connectivity index (χ3v) is 4.07. The summed E-state index contributed by atoms with van der Waals surface area (Å²) in [6.45, 7) is 5.23. The van der Waals surface area contributed by atoms with Crippen LogP contribution in [0.1, 0.15) is 78.1 Å². The van der Waals surface area contributed by atoms with E-state index in [0.29, 0.717) is 5.84 Å². The molecular formula is C16H35N3O. The molecule has 1 unspecified atom stereocenters. The maximum atomic E-state index is 8.64. The Morgan fingerprint density at radius 2 is 1.45 bits per heavy atom. The molecule has 0 aromatic carbocycles. The summed E-state index contributed by atoms with van der Waals surface area (Å²) < 4.78 is 0. The Bertz CT molecular complexity index is 244. The van der Waals surface area contributed by atoms with Crippen molar-refractivity contribution in [3.8, 4) is 0 Å². The first-order chi connectivity index (χ1) is 9.63. The molecule has 0 aromatic heterocycles. The molecule has 120 valence electrons. The van der Waals surface area contributed by atoms with Crippen molar-refractivity contribution in [3.63, 3.8) is 0 Å². The minimum Gasteiger partial charge on any atom is -0.409 e. The molecule has 0 aromatic rings. The van der Waals surface area contributed by atoms with Gasteiger partial charge in [-0.2, -0.15) is 0 Å². The van der Waals surface area contributed by atoms with Crippen LogP contribution in [-0.4, -0.2) is 35.6 Å². The summed E-state index contributed by atoms with van der Waals surface area (Å²) in [5.74, 6) is 0.291. The molecular weight excluding hydrogens is 250 g/mol. The van der Waals surface area contributed by atoms with Crippen molar-refractivity contribution in [2.75, 3.05) is 13.6 Å². The van der Waals surface area contributed by atoms with E-state index in [4.69, 9.17) is 10.9 Å². The van der Waals surface area contributed by atoms with Crippen LogP contribution in [-0.2, 0) is 0 Å². The fourth-order valence-corrected chi connectivity index (χ4v) is 2.35. The average molecular weight is 285 g/mol. The first-order valence-electron chi connectivity index (χ1n) is 8.31. The Kier molecular flexibility index (Phi) is 12.7. The SMILES string of the molecule is CCCCCCCCCCCCN(C)C(C)C(N)=NO. The number of hydrogen-bond acceptors (Lipinski definition) is 3. The zero-order valence-electron chi connectivity index (χ0n) is 13.8. The van der Waals surface area contributed by atoms with E-state index < -0.39 is 0 Å². The Balaban J connectivity index is 3.35. The molecule has 3 N–H and O–H groups in total. The summed E-state index contributed by atoms with van der Waals surface area (Å²) in [5.41, 5.74) is 5.60. The quantitative estimate of drug-likeness (QED) is 0.177. The summed E-state index contributed by atoms with van der Waals surface area (Å²) in [5, 5.41) is 11.7. The highest BCUT2D eigenvalue weighted by Gasteiger charge is 2.12. The van der Waals surface area contributed by atoms with E-state index in [1.165, 1.54) is 64.2 Å². The second-order valence-corrected chi connectivity index (χ2v) is 5.86. The van der Waals surface area contributed by atoms with E-state index in [-0.39, 0.29) is 6.04 Å². The summed E-state index contributed by atoms with van der Waals surface area (Å²) in [4.78, 5) is 2.14. The van der Waals surface area contributed by atoms with Gasteiger partial charge in [0.15, 0.2) is 5.84 Å². The second-order valence-electron chi connectivity index (χ2n) is 5.86. The van der Waals surface area contributed by atoms with E-state index in [2.05, 4.69) is 17.0 Å². The third kappa shape index (κ3) is 10.1. The van der Waals surface area contributed by atoms with Crippen LogP contribution in [0.2, 0.25) is 0 Å². The summed E-state index contributed by atoms with van der Waals surface area (Å²) in [6, 6.07) is 0.0126. The van der Waals surface area contributed by atoms with Crippen molar-refractivity contribution in [1.29, 1.82) is 0 Å². The van der Waals surface area contributed by atoms with Crippen molar-refractivity contribution in [1.82, 2.24) is 4.90 Å². The number of nitrogens with two attached hydrogens (primary N) is 1. The maximum absolute atomic E-state index is 8.64. The van der Waals surface area contributed by atoms with Gasteiger partial charge in [-0.3, -0.25) is 4.90 Å². The minimum atomic E-state index is 0.0126. The van der Waals surface area contributed by atoms with Crippen molar-refractivity contribution >= 4 is 5.84 Å². The largest absolute Gasteiger partial charge is 0.409 e. The van der Waals surface area contributed by atoms with Gasteiger partial charge in [0, 0.05) is 0 Å². The van der Waals surface area contributed by atoms with Gasteiger partial charge in [-0.15, -0.1) is 0 Å². The van der Waals surface area contributed by atoms with Crippen LogP contribution in [0.15, 0.2) is 5.16 Å². The van der Waals surface area contributed by atoms with Gasteiger partial charge in [-0.05, 0) is 26.9 Å². The number of unbranched alkanes of at least 4 members (excludes halogenated alkanes) is 9. The van der Waals surface area contributed by atoms with E-state index in [9.17, 15) is 0 Å². The lowest BCUT2D eigenvalue weighted by atomic mass is 10.1. The van der Waals surface area contributed by atoms with Gasteiger partial charge in [0.2, 0.25) is 0 Å². The molecule has 20 heavy (non-hydrogen) atoms. The predicted octanol–water partition coefficient (Wildman–Crippen LogP) is 3.97. The fraction of sp³-hybridized carbons (Fsp3) is 0.938. The van der Waals surface area contributed by atoms with Crippen molar-refractivity contribution in [3.05, 3.63) is 0 Å². The molecule has 0 saturated heterocycles. The van der Waals surface area contributed by atoms with Crippen LogP contribution < -0.4 is 5.73 Å². The molecule has 0 rings (SSSR count). The molecule has 0 bridgehead atoms. The second kappa shape index (κ2) is 13.2. The van der Waals surface area contributed by atoms with Crippen LogP contribution in [0, 0.1) is 0 Å². The monoisotopic (exact) mass is 285 g/mol. The summed E-state index contributed by atoms with van der Waals surface area (Å²) >= 11 is 0. The van der Waals surface area contributed by atoms with Crippen LogP contribution in [0.4, 0.5) is 0 Å². The molecule has 0 saturated carbocycles. The maximum Gasteiger partial charge on any atom is 0.156 e. The molecule has 0 aliphatic heterocycles. The first kappa shape index (κ1) is 19.2. The Morgan fingerprint density at radius 1 is 1.00 bits per heavy atom. The molecule has 0 heterocycles. The van der Waals surface area contributed by atoms with Gasteiger partial charge in [0.1, 0.15) is 0 Å². The molecule has 1 atom stereocenters. The number of oxime groups is 1. The molecule has 0 radical (unpaired) electrons. The standard InChI is InChI=1S/C16H35N3O/c1-4-5-6-7-8-9-10-11-12-13-14-19(3)15(2)16(17)18-20/h15,20H,4-14H2,1-3H3,(H2,17,18). The minimum absolute atomic E-state index is 0.0126. The fourth-order valence-electron chi connectivity index (χ4n) is 2.35. The topological polar surface area (TPSA) is 61.8 Å². The molecule has 0 amide bonds. The summed E-state index contributed by atoms with van der Waals surface area (Å²) in [7, 11) is 2.02. The van der Waals surface area contributed by atoms with Gasteiger partial charge in [-0.25, -0.2) is 0 Å². The molecule has 0 spiro atoms. The molecule has 0 aliphatic rings. The van der Waals surface area contributed by atoms with E-state index in [1.54, 1.807) is 0 Å². The lowest BCUT2D eigenvalue weighted by molar-refractivity contribution is 0.279. The van der Waals surface area contributed by atoms with Gasteiger partial charge >= 0.3 is 0 Å². The number of nitrogens with zero attached hydrogens (tertiary/aromatic N) is 2. The highest BCUT2D eigenvalue weighted by atomic mass is 16.4. The lowest BCUT2D eigenvalue weighted by Crippen LogP contribution is -2.40. The lowest BCUT2D eigenvalue weighted by Gasteiger charge is -2.23. The van der Waals surface area contributed by atoms with Crippen LogP contribution in [0.3, 0.4) is 0 Å². The normalized spacial score (nSPS) is 13.9. The molecule has 4 heteroatoms. The van der Waals surface area contributed by atoms with Crippen LogP contribution >= 0.6 is 0 Å². The number of amidine groups is 1. The van der Waals surface area contributed by atoms with Crippen molar-refractivity contribution < 1.29 is 5.21 Å². The van der Waals surface area contributed by atoms with E-state index in [0.717, 1.165) is 6.54 Å². The Morgan fingerprint density at radius 3 is 1.90 bits per heavy atom. The zero-order chi connectivity index (χ0) is 15.2. The average Bonchev–Trinajstić information content (AvgIpc) is 2.47. The van der Waals surface area contributed by atoms with Gasteiger partial charge in [0.25, 0.3) is 0 Å². The highest BCUT2D eigenvalue weighted by Crippen LogP contribution is 2.11. The van der Waals surface area contributed by atoms with Crippen LogP contribution in [0.5, 0.6) is 0 Å². The molecule has 0 fully saturated rings. The van der Waals surface area contributed by atoms with Gasteiger partial charge in [0.05, 0.1) is 6.04 Å². The number of hydrogen-bond donors (Lipinski definition) is 2. The van der Waals surface area contributed by atoms with Crippen molar-refractivity contribution in [2.24, 2.45) is 10.9 Å². The number of rotatable bonds is 13. The van der Waals surface area contributed by atoms with Gasteiger partial charge in [-0.1, -0.05) is 69.9 Å². The van der Waals surface area contributed by atoms with Crippen LogP contribution in [0.25, 0.3) is 0 Å². The number of likely N-dealkylation sites (N-methyl/N-ethyl adjacent to an activating group) is 1. The smallest absolute Gasteiger partial charge is 0.156 e. The van der Waals surface area contributed by atoms with E-state index in [1.807, 2.05) is 14.0 Å². The molecule has 0 aliphatic carbocycles. The van der Waals surface area contributed by atoms with Crippen molar-refractivity contribution in [2.45, 2.75) is 84.1 Å². The first-order valence-corrected chi connectivity index (χ1v) is 8.31. The Labute approximate surface area is 125 Å². The summed E-state index contributed by atoms with van der Waals surface area (Å²) in [6.07, 6.45) is 13.5. The predicted molar refractivity (Wildman–Crippen MR) is 87.3 cm³/mol. The van der Waals surface area contributed by atoms with Gasteiger partial charge < -0.3 is 10.9 Å². The van der Waals surface area contributed by atoms with E-state index >= 15 is 0 Å². The highest BCUT2D eigenvalue weighted by molar-refractivity contribution is 5.84. The zero-order valence-corrected chi connectivity index (χ0v) is 13.8. The molecule has 4 nitrogen and oxygen atoms in total. The third-order valence-electron chi connectivity index (χ3n) is 4.07.